The summed E-state index contributed by atoms with van der Waals surface area (Å²) in [5.41, 5.74) is 0. The van der Waals surface area contributed by atoms with Crippen molar-refractivity contribution in [3.05, 3.63) is 0 Å². The Kier molecular flexibility index (Phi) is 4.05. The Balaban J connectivity index is 0.000000291. The molecule has 0 aromatic carbocycles. The fourth-order valence-corrected chi connectivity index (χ4v) is 0.655. The highest BCUT2D eigenvalue weighted by Crippen LogP contribution is 2.25. The fourth-order valence-electron chi connectivity index (χ4n) is 0.655. The van der Waals surface area contributed by atoms with E-state index >= 15 is 0 Å². The lowest BCUT2D eigenvalue weighted by Crippen LogP contribution is -2.20. The summed E-state index contributed by atoms with van der Waals surface area (Å²) in [6, 6.07) is 0. The van der Waals surface area contributed by atoms with Crippen LogP contribution in [0.2, 0.25) is 0 Å². The summed E-state index contributed by atoms with van der Waals surface area (Å²) < 4.78 is 0. The van der Waals surface area contributed by atoms with Crippen LogP contribution in [0.4, 0.5) is 0 Å². The molecule has 1 saturated carbocycles. The lowest BCUT2D eigenvalue weighted by Gasteiger charge is -2.19. The minimum absolute atomic E-state index is 0.000000000000000444. The first-order chi connectivity index (χ1) is 4.30. The molecular weight excluding hydrogens is 120 g/mol. The molecule has 0 aromatic heterocycles. The number of aliphatic hydroxyl groups excluding tert-OH is 1. The average molecular weight is 132 g/mol. The molecule has 1 aliphatic carbocycles. The highest BCUT2D eigenvalue weighted by molar-refractivity contribution is 5.70. The van der Waals surface area contributed by atoms with Gasteiger partial charge in [0.25, 0.3) is 0 Å². The van der Waals surface area contributed by atoms with Crippen molar-refractivity contribution in [2.75, 3.05) is 7.11 Å². The molecule has 0 saturated heterocycles. The normalized spacial score (nSPS) is 17.1. The smallest absolute Gasteiger partial charge is 0.306 e. The lowest BCUT2D eigenvalue weighted by molar-refractivity contribution is -0.144. The molecule has 0 aliphatic heterocycles. The van der Waals surface area contributed by atoms with Crippen molar-refractivity contribution >= 4 is 5.97 Å². The van der Waals surface area contributed by atoms with Crippen molar-refractivity contribution in [2.24, 2.45) is 5.92 Å². The van der Waals surface area contributed by atoms with Crippen LogP contribution in [-0.4, -0.2) is 23.3 Å². The second-order valence-electron chi connectivity index (χ2n) is 1.97. The third-order valence-electron chi connectivity index (χ3n) is 1.45. The molecule has 3 heteroatoms. The fraction of sp³-hybridized carbons (Fsp3) is 0.833. The molecule has 0 aromatic rings. The quantitative estimate of drug-likeness (QED) is 0.545. The minimum Gasteiger partial charge on any atom is -0.481 e. The molecule has 54 valence electrons. The van der Waals surface area contributed by atoms with E-state index in [0.717, 1.165) is 26.4 Å². The summed E-state index contributed by atoms with van der Waals surface area (Å²) in [4.78, 5) is 9.98. The SMILES string of the molecule is CO.O=C(O)C1CCC1. The van der Waals surface area contributed by atoms with Crippen molar-refractivity contribution in [1.82, 2.24) is 0 Å². The minimum atomic E-state index is -0.619. The molecule has 0 heterocycles. The van der Waals surface area contributed by atoms with Gasteiger partial charge in [0, 0.05) is 7.11 Å². The monoisotopic (exact) mass is 132 g/mol. The highest BCUT2D eigenvalue weighted by atomic mass is 16.4. The van der Waals surface area contributed by atoms with Gasteiger partial charge < -0.3 is 10.2 Å². The molecule has 0 spiro atoms. The van der Waals surface area contributed by atoms with E-state index in [-0.39, 0.29) is 5.92 Å². The average Bonchev–Trinajstić information content (AvgIpc) is 1.65. The molecule has 1 rings (SSSR count). The van der Waals surface area contributed by atoms with Crippen LogP contribution in [0, 0.1) is 5.92 Å². The summed E-state index contributed by atoms with van der Waals surface area (Å²) in [6.07, 6.45) is 2.90. The summed E-state index contributed by atoms with van der Waals surface area (Å²) in [5.74, 6) is -0.619. The zero-order chi connectivity index (χ0) is 7.28. The number of hydrogen-bond donors (Lipinski definition) is 2. The van der Waals surface area contributed by atoms with Crippen LogP contribution in [0.25, 0.3) is 0 Å². The Morgan fingerprint density at radius 2 is 1.89 bits per heavy atom. The van der Waals surface area contributed by atoms with Gasteiger partial charge in [-0.25, -0.2) is 0 Å². The maximum atomic E-state index is 9.98. The molecule has 2 N–H and O–H groups in total. The first kappa shape index (κ1) is 8.43. The second kappa shape index (κ2) is 4.32. The zero-order valence-corrected chi connectivity index (χ0v) is 5.50. The Hall–Kier alpha value is -0.570. The molecule has 0 radical (unpaired) electrons. The number of aliphatic carboxylic acids is 1. The van der Waals surface area contributed by atoms with Gasteiger partial charge in [-0.2, -0.15) is 0 Å². The topological polar surface area (TPSA) is 57.5 Å². The Morgan fingerprint density at radius 3 is 1.89 bits per heavy atom. The van der Waals surface area contributed by atoms with Gasteiger partial charge in [-0.1, -0.05) is 6.42 Å². The van der Waals surface area contributed by atoms with Crippen molar-refractivity contribution in [1.29, 1.82) is 0 Å². The van der Waals surface area contributed by atoms with Crippen molar-refractivity contribution < 1.29 is 15.0 Å². The summed E-state index contributed by atoms with van der Waals surface area (Å²) >= 11 is 0. The van der Waals surface area contributed by atoms with Gasteiger partial charge in [-0.15, -0.1) is 0 Å². The summed E-state index contributed by atoms with van der Waals surface area (Å²) in [5, 5.41) is 15.2. The molecular formula is C6H12O3. The van der Waals surface area contributed by atoms with E-state index < -0.39 is 5.97 Å². The third-order valence-corrected chi connectivity index (χ3v) is 1.45. The van der Waals surface area contributed by atoms with E-state index in [4.69, 9.17) is 10.2 Å². The van der Waals surface area contributed by atoms with Crippen LogP contribution in [0.1, 0.15) is 19.3 Å². The molecule has 9 heavy (non-hydrogen) atoms. The maximum absolute atomic E-state index is 9.98. The van der Waals surface area contributed by atoms with E-state index in [2.05, 4.69) is 0 Å². The molecule has 0 bridgehead atoms. The van der Waals surface area contributed by atoms with Crippen LogP contribution in [-0.2, 0) is 4.79 Å². The molecule has 0 unspecified atom stereocenters. The largest absolute Gasteiger partial charge is 0.481 e. The van der Waals surface area contributed by atoms with Crippen LogP contribution in [0.15, 0.2) is 0 Å². The molecule has 1 fully saturated rings. The van der Waals surface area contributed by atoms with Gasteiger partial charge in [0.2, 0.25) is 0 Å². The lowest BCUT2D eigenvalue weighted by atomic mass is 9.86. The van der Waals surface area contributed by atoms with Crippen LogP contribution >= 0.6 is 0 Å². The first-order valence-corrected chi connectivity index (χ1v) is 2.98. The molecule has 3 nitrogen and oxygen atoms in total. The van der Waals surface area contributed by atoms with Crippen molar-refractivity contribution in [2.45, 2.75) is 19.3 Å². The Labute approximate surface area is 54.3 Å². The van der Waals surface area contributed by atoms with Gasteiger partial charge in [-0.3, -0.25) is 4.79 Å². The third kappa shape index (κ3) is 2.46. The number of carboxylic acids is 1. The van der Waals surface area contributed by atoms with Crippen LogP contribution in [0.5, 0.6) is 0 Å². The number of aliphatic hydroxyl groups is 1. The predicted octanol–water partition coefficient (Wildman–Crippen LogP) is 0.480. The van der Waals surface area contributed by atoms with Crippen molar-refractivity contribution in [3.8, 4) is 0 Å². The molecule has 0 atom stereocenters. The second-order valence-corrected chi connectivity index (χ2v) is 1.97. The summed E-state index contributed by atoms with van der Waals surface area (Å²) in [6.45, 7) is 0. The zero-order valence-electron chi connectivity index (χ0n) is 5.50. The maximum Gasteiger partial charge on any atom is 0.306 e. The van der Waals surface area contributed by atoms with Gasteiger partial charge in [0.05, 0.1) is 5.92 Å². The van der Waals surface area contributed by atoms with E-state index in [0.29, 0.717) is 0 Å². The molecule has 0 amide bonds. The van der Waals surface area contributed by atoms with E-state index in [1.807, 2.05) is 0 Å². The number of carbonyl (C=O) groups is 1. The number of carboxylic acid groups (broad SMARTS) is 1. The molecule has 1 aliphatic rings. The van der Waals surface area contributed by atoms with Gasteiger partial charge in [0.1, 0.15) is 0 Å². The Bertz CT molecular complexity index is 86.3. The first-order valence-electron chi connectivity index (χ1n) is 2.98. The summed E-state index contributed by atoms with van der Waals surface area (Å²) in [7, 11) is 1.00. The van der Waals surface area contributed by atoms with E-state index in [1.165, 1.54) is 0 Å². The van der Waals surface area contributed by atoms with E-state index in [9.17, 15) is 4.79 Å². The highest BCUT2D eigenvalue weighted by Gasteiger charge is 2.23. The number of rotatable bonds is 1. The standard InChI is InChI=1S/C5H8O2.CH4O/c6-5(7)4-2-1-3-4;1-2/h4H,1-3H2,(H,6,7);2H,1H3. The number of hydrogen-bond acceptors (Lipinski definition) is 2. The van der Waals surface area contributed by atoms with E-state index in [1.54, 1.807) is 0 Å². The van der Waals surface area contributed by atoms with Gasteiger partial charge >= 0.3 is 5.97 Å². The Morgan fingerprint density at radius 1 is 1.44 bits per heavy atom. The van der Waals surface area contributed by atoms with Crippen LogP contribution in [0.3, 0.4) is 0 Å². The van der Waals surface area contributed by atoms with Crippen molar-refractivity contribution in [3.63, 3.8) is 0 Å². The van der Waals surface area contributed by atoms with Gasteiger partial charge in [0.15, 0.2) is 0 Å². The van der Waals surface area contributed by atoms with Gasteiger partial charge in [-0.05, 0) is 12.8 Å². The predicted molar refractivity (Wildman–Crippen MR) is 33.1 cm³/mol. The van der Waals surface area contributed by atoms with Crippen LogP contribution < -0.4 is 0 Å².